The van der Waals surface area contributed by atoms with Crippen molar-refractivity contribution in [1.82, 2.24) is 0 Å². The number of hydrogen-bond acceptors (Lipinski definition) is 5. The fourth-order valence-electron chi connectivity index (χ4n) is 1.23. The SMILES string of the molecule is O=C(O)CCOCCOCCC1OCCO1. The Hall–Kier alpha value is -0.690. The zero-order valence-corrected chi connectivity index (χ0v) is 9.22. The lowest BCUT2D eigenvalue weighted by atomic mass is 10.4. The Labute approximate surface area is 94.4 Å². The molecule has 6 nitrogen and oxygen atoms in total. The van der Waals surface area contributed by atoms with Gasteiger partial charge in [0.05, 0.1) is 46.1 Å². The molecule has 0 aromatic heterocycles. The van der Waals surface area contributed by atoms with Crippen LogP contribution in [-0.4, -0.2) is 57.0 Å². The molecule has 0 saturated carbocycles. The Morgan fingerprint density at radius 3 is 2.38 bits per heavy atom. The first-order valence-electron chi connectivity index (χ1n) is 5.39. The van der Waals surface area contributed by atoms with Crippen molar-refractivity contribution in [3.8, 4) is 0 Å². The highest BCUT2D eigenvalue weighted by Crippen LogP contribution is 2.07. The highest BCUT2D eigenvalue weighted by molar-refractivity contribution is 5.66. The number of hydrogen-bond donors (Lipinski definition) is 1. The van der Waals surface area contributed by atoms with Crippen LogP contribution in [0, 0.1) is 0 Å². The number of carboxylic acid groups (broad SMARTS) is 1. The van der Waals surface area contributed by atoms with E-state index in [4.69, 9.17) is 24.1 Å². The molecule has 0 bridgehead atoms. The van der Waals surface area contributed by atoms with E-state index in [1.165, 1.54) is 0 Å². The molecule has 1 N–H and O–H groups in total. The van der Waals surface area contributed by atoms with Crippen LogP contribution in [0.25, 0.3) is 0 Å². The number of aliphatic carboxylic acids is 1. The molecule has 0 unspecified atom stereocenters. The molecule has 1 heterocycles. The van der Waals surface area contributed by atoms with Crippen molar-refractivity contribution >= 4 is 5.97 Å². The van der Waals surface area contributed by atoms with Crippen molar-refractivity contribution < 1.29 is 28.8 Å². The van der Waals surface area contributed by atoms with E-state index in [1.54, 1.807) is 0 Å². The standard InChI is InChI=1S/C10H18O6/c11-9(12)1-3-13-5-6-14-4-2-10-15-7-8-16-10/h10H,1-8H2,(H,11,12). The maximum absolute atomic E-state index is 10.1. The van der Waals surface area contributed by atoms with Crippen LogP contribution in [0.5, 0.6) is 0 Å². The lowest BCUT2D eigenvalue weighted by Gasteiger charge is -2.09. The van der Waals surface area contributed by atoms with Gasteiger partial charge >= 0.3 is 5.97 Å². The third-order valence-electron chi connectivity index (χ3n) is 2.02. The first-order chi connectivity index (χ1) is 7.79. The summed E-state index contributed by atoms with van der Waals surface area (Å²) in [6.45, 7) is 2.98. The minimum Gasteiger partial charge on any atom is -0.481 e. The topological polar surface area (TPSA) is 74.2 Å². The van der Waals surface area contributed by atoms with Crippen molar-refractivity contribution in [3.05, 3.63) is 0 Å². The second-order valence-electron chi connectivity index (χ2n) is 3.33. The first kappa shape index (κ1) is 13.4. The van der Waals surface area contributed by atoms with E-state index in [0.29, 0.717) is 33.0 Å². The molecule has 0 atom stereocenters. The Bertz CT molecular complexity index is 190. The highest BCUT2D eigenvalue weighted by atomic mass is 16.7. The summed E-state index contributed by atoms with van der Waals surface area (Å²) in [6.07, 6.45) is 0.617. The molecule has 1 aliphatic rings. The maximum Gasteiger partial charge on any atom is 0.305 e. The largest absolute Gasteiger partial charge is 0.481 e. The molecule has 1 fully saturated rings. The van der Waals surface area contributed by atoms with Gasteiger partial charge in [-0.1, -0.05) is 0 Å². The van der Waals surface area contributed by atoms with Crippen molar-refractivity contribution in [2.24, 2.45) is 0 Å². The second kappa shape index (κ2) is 8.46. The van der Waals surface area contributed by atoms with Crippen molar-refractivity contribution in [3.63, 3.8) is 0 Å². The fourth-order valence-corrected chi connectivity index (χ4v) is 1.23. The van der Waals surface area contributed by atoms with Crippen LogP contribution in [0.1, 0.15) is 12.8 Å². The summed E-state index contributed by atoms with van der Waals surface area (Å²) in [7, 11) is 0. The monoisotopic (exact) mass is 234 g/mol. The van der Waals surface area contributed by atoms with Gasteiger partial charge in [0.1, 0.15) is 0 Å². The van der Waals surface area contributed by atoms with E-state index in [1.807, 2.05) is 0 Å². The fraction of sp³-hybridized carbons (Fsp3) is 0.900. The van der Waals surface area contributed by atoms with Gasteiger partial charge < -0.3 is 24.1 Å². The summed E-state index contributed by atoms with van der Waals surface area (Å²) in [4.78, 5) is 10.1. The lowest BCUT2D eigenvalue weighted by Crippen LogP contribution is -2.13. The van der Waals surface area contributed by atoms with Gasteiger partial charge in [-0.15, -0.1) is 0 Å². The van der Waals surface area contributed by atoms with Gasteiger partial charge in [0.25, 0.3) is 0 Å². The van der Waals surface area contributed by atoms with Gasteiger partial charge in [0.2, 0.25) is 0 Å². The number of carboxylic acids is 1. The van der Waals surface area contributed by atoms with Gasteiger partial charge in [-0.05, 0) is 0 Å². The molecule has 94 valence electrons. The molecule has 0 aromatic rings. The molecular formula is C10H18O6. The summed E-state index contributed by atoms with van der Waals surface area (Å²) < 4.78 is 20.8. The van der Waals surface area contributed by atoms with Crippen molar-refractivity contribution in [1.29, 1.82) is 0 Å². The predicted molar refractivity (Wildman–Crippen MR) is 54.2 cm³/mol. The summed E-state index contributed by atoms with van der Waals surface area (Å²) in [6, 6.07) is 0. The predicted octanol–water partition coefficient (Wildman–Crippen LogP) is 0.257. The minimum absolute atomic E-state index is 0.0315. The van der Waals surface area contributed by atoms with Gasteiger partial charge in [0.15, 0.2) is 6.29 Å². The molecule has 0 radical (unpaired) electrons. The minimum atomic E-state index is -0.851. The second-order valence-corrected chi connectivity index (χ2v) is 3.33. The Morgan fingerprint density at radius 1 is 1.12 bits per heavy atom. The number of ether oxygens (including phenoxy) is 4. The zero-order valence-electron chi connectivity index (χ0n) is 9.22. The Morgan fingerprint density at radius 2 is 1.75 bits per heavy atom. The molecule has 1 rings (SSSR count). The quantitative estimate of drug-likeness (QED) is 0.577. The smallest absolute Gasteiger partial charge is 0.305 e. The Kier molecular flexibility index (Phi) is 7.07. The molecule has 6 heteroatoms. The van der Waals surface area contributed by atoms with Gasteiger partial charge in [-0.25, -0.2) is 0 Å². The summed E-state index contributed by atoms with van der Waals surface area (Å²) >= 11 is 0. The van der Waals surface area contributed by atoms with E-state index in [9.17, 15) is 4.79 Å². The molecule has 0 aromatic carbocycles. The molecule has 0 amide bonds. The summed E-state index contributed by atoms with van der Waals surface area (Å²) in [5.74, 6) is -0.851. The summed E-state index contributed by atoms with van der Waals surface area (Å²) in [5.41, 5.74) is 0. The maximum atomic E-state index is 10.1. The Balaban J connectivity index is 1.76. The van der Waals surface area contributed by atoms with Crippen LogP contribution < -0.4 is 0 Å². The number of carbonyl (C=O) groups is 1. The lowest BCUT2D eigenvalue weighted by molar-refractivity contribution is -0.138. The van der Waals surface area contributed by atoms with Crippen LogP contribution in [0.15, 0.2) is 0 Å². The normalized spacial score (nSPS) is 16.8. The van der Waals surface area contributed by atoms with Crippen LogP contribution in [0.4, 0.5) is 0 Å². The van der Waals surface area contributed by atoms with Gasteiger partial charge in [0, 0.05) is 6.42 Å². The van der Waals surface area contributed by atoms with Gasteiger partial charge in [-0.3, -0.25) is 4.79 Å². The van der Waals surface area contributed by atoms with Gasteiger partial charge in [-0.2, -0.15) is 0 Å². The molecule has 16 heavy (non-hydrogen) atoms. The van der Waals surface area contributed by atoms with Crippen LogP contribution in [0.3, 0.4) is 0 Å². The third-order valence-corrected chi connectivity index (χ3v) is 2.02. The zero-order chi connectivity index (χ0) is 11.6. The van der Waals surface area contributed by atoms with E-state index < -0.39 is 5.97 Å². The van der Waals surface area contributed by atoms with Crippen molar-refractivity contribution in [2.45, 2.75) is 19.1 Å². The van der Waals surface area contributed by atoms with Crippen LogP contribution in [0.2, 0.25) is 0 Å². The van der Waals surface area contributed by atoms with E-state index in [0.717, 1.165) is 6.42 Å². The van der Waals surface area contributed by atoms with Crippen molar-refractivity contribution in [2.75, 3.05) is 39.6 Å². The van der Waals surface area contributed by atoms with E-state index in [2.05, 4.69) is 0 Å². The average molecular weight is 234 g/mol. The van der Waals surface area contributed by atoms with E-state index in [-0.39, 0.29) is 19.3 Å². The third kappa shape index (κ3) is 6.73. The average Bonchev–Trinajstić information content (AvgIpc) is 2.74. The van der Waals surface area contributed by atoms with Crippen LogP contribution in [-0.2, 0) is 23.7 Å². The molecule has 0 aliphatic carbocycles. The molecule has 1 saturated heterocycles. The molecule has 0 spiro atoms. The van der Waals surface area contributed by atoms with E-state index >= 15 is 0 Å². The first-order valence-corrected chi connectivity index (χ1v) is 5.39. The highest BCUT2D eigenvalue weighted by Gasteiger charge is 2.14. The summed E-state index contributed by atoms with van der Waals surface area (Å²) in [5, 5.41) is 8.34. The molecular weight excluding hydrogens is 216 g/mol. The number of rotatable bonds is 9. The molecule has 1 aliphatic heterocycles. The van der Waals surface area contributed by atoms with Crippen LogP contribution >= 0.6 is 0 Å².